The predicted molar refractivity (Wildman–Crippen MR) is 86.2 cm³/mol. The van der Waals surface area contributed by atoms with Crippen LogP contribution in [0.25, 0.3) is 5.65 Å². The molecule has 22 heavy (non-hydrogen) atoms. The lowest BCUT2D eigenvalue weighted by Gasteiger charge is -2.01. The van der Waals surface area contributed by atoms with E-state index in [1.165, 1.54) is 5.56 Å². The predicted octanol–water partition coefficient (Wildman–Crippen LogP) is 2.72. The van der Waals surface area contributed by atoms with Gasteiger partial charge in [0.2, 0.25) is 0 Å². The zero-order valence-corrected chi connectivity index (χ0v) is 12.4. The number of pyridine rings is 1. The first-order valence-electron chi connectivity index (χ1n) is 6.99. The van der Waals surface area contributed by atoms with Gasteiger partial charge in [-0.15, -0.1) is 0 Å². The summed E-state index contributed by atoms with van der Waals surface area (Å²) in [6.07, 6.45) is 3.43. The number of aromatic nitrogens is 2. The third-order valence-corrected chi connectivity index (χ3v) is 3.38. The van der Waals surface area contributed by atoms with Crippen LogP contribution >= 0.6 is 0 Å². The summed E-state index contributed by atoms with van der Waals surface area (Å²) in [4.78, 5) is 16.7. The molecule has 5 nitrogen and oxygen atoms in total. The van der Waals surface area contributed by atoms with Gasteiger partial charge >= 0.3 is 0 Å². The first-order chi connectivity index (χ1) is 10.6. The van der Waals surface area contributed by atoms with Crippen molar-refractivity contribution in [2.75, 3.05) is 0 Å². The van der Waals surface area contributed by atoms with Gasteiger partial charge in [-0.05, 0) is 31.5 Å². The molecule has 0 bridgehead atoms. The van der Waals surface area contributed by atoms with Crippen LogP contribution in [0.4, 0.5) is 0 Å². The Morgan fingerprint density at radius 2 is 1.95 bits per heavy atom. The fourth-order valence-electron chi connectivity index (χ4n) is 2.26. The largest absolute Gasteiger partial charge is 0.295 e. The maximum atomic E-state index is 12.3. The van der Waals surface area contributed by atoms with Gasteiger partial charge in [0.1, 0.15) is 11.3 Å². The van der Waals surface area contributed by atoms with Crippen LogP contribution in [0.15, 0.2) is 53.8 Å². The number of rotatable bonds is 3. The molecule has 0 aliphatic carbocycles. The molecule has 3 rings (SSSR count). The molecule has 0 fully saturated rings. The summed E-state index contributed by atoms with van der Waals surface area (Å²) in [7, 11) is 0. The van der Waals surface area contributed by atoms with E-state index in [0.717, 1.165) is 11.2 Å². The molecule has 0 saturated heterocycles. The Labute approximate surface area is 128 Å². The quantitative estimate of drug-likeness (QED) is 0.596. The number of nitrogens with one attached hydrogen (secondary N) is 1. The average Bonchev–Trinajstić information content (AvgIpc) is 2.85. The van der Waals surface area contributed by atoms with E-state index in [4.69, 9.17) is 0 Å². The molecular formula is C17H16N4O. The fraction of sp³-hybridized carbons (Fsp3) is 0.118. The van der Waals surface area contributed by atoms with Gasteiger partial charge in [0.05, 0.1) is 11.9 Å². The molecule has 2 aromatic heterocycles. The Morgan fingerprint density at radius 1 is 1.18 bits per heavy atom. The van der Waals surface area contributed by atoms with Crippen molar-refractivity contribution in [2.24, 2.45) is 5.10 Å². The molecule has 0 atom stereocenters. The second-order valence-electron chi connectivity index (χ2n) is 5.08. The van der Waals surface area contributed by atoms with Crippen LogP contribution in [0.1, 0.15) is 27.3 Å². The lowest BCUT2D eigenvalue weighted by Crippen LogP contribution is -2.20. The molecule has 110 valence electrons. The monoisotopic (exact) mass is 292 g/mol. The number of hydrazone groups is 1. The molecule has 2 heterocycles. The second-order valence-corrected chi connectivity index (χ2v) is 5.08. The number of hydrogen-bond acceptors (Lipinski definition) is 3. The molecule has 5 heteroatoms. The first-order valence-corrected chi connectivity index (χ1v) is 6.99. The Hall–Kier alpha value is -2.95. The molecule has 0 spiro atoms. The minimum Gasteiger partial charge on any atom is -0.295 e. The highest BCUT2D eigenvalue weighted by Crippen LogP contribution is 2.11. The molecule has 1 aromatic carbocycles. The summed E-state index contributed by atoms with van der Waals surface area (Å²) < 4.78 is 1.76. The van der Waals surface area contributed by atoms with E-state index < -0.39 is 0 Å². The Kier molecular flexibility index (Phi) is 3.70. The number of carbonyl (C=O) groups is 1. The van der Waals surface area contributed by atoms with Crippen molar-refractivity contribution < 1.29 is 4.79 Å². The number of carbonyl (C=O) groups excluding carboxylic acids is 1. The highest BCUT2D eigenvalue weighted by Gasteiger charge is 2.15. The summed E-state index contributed by atoms with van der Waals surface area (Å²) in [5.74, 6) is -0.278. The molecule has 0 saturated carbocycles. The number of imidazole rings is 1. The maximum Gasteiger partial charge on any atom is 0.290 e. The number of hydrogen-bond donors (Lipinski definition) is 1. The number of nitrogens with zero attached hydrogens (tertiary/aromatic N) is 3. The van der Waals surface area contributed by atoms with Gasteiger partial charge < -0.3 is 0 Å². The van der Waals surface area contributed by atoms with Gasteiger partial charge in [-0.3, -0.25) is 9.20 Å². The molecule has 0 radical (unpaired) electrons. The third-order valence-electron chi connectivity index (χ3n) is 3.38. The molecule has 1 amide bonds. The minimum absolute atomic E-state index is 0.278. The van der Waals surface area contributed by atoms with Gasteiger partial charge in [-0.25, -0.2) is 10.4 Å². The topological polar surface area (TPSA) is 58.8 Å². The maximum absolute atomic E-state index is 12.3. The number of amides is 1. The molecule has 0 unspecified atom stereocenters. The van der Waals surface area contributed by atoms with E-state index in [0.29, 0.717) is 11.4 Å². The van der Waals surface area contributed by atoms with Gasteiger partial charge in [0.25, 0.3) is 5.91 Å². The highest BCUT2D eigenvalue weighted by atomic mass is 16.2. The summed E-state index contributed by atoms with van der Waals surface area (Å²) in [5.41, 5.74) is 6.58. The van der Waals surface area contributed by atoms with Crippen LogP contribution in [-0.4, -0.2) is 21.5 Å². The number of benzene rings is 1. The minimum atomic E-state index is -0.278. The summed E-state index contributed by atoms with van der Waals surface area (Å²) in [5, 5.41) is 4.01. The van der Waals surface area contributed by atoms with Crippen LogP contribution in [0.5, 0.6) is 0 Å². The van der Waals surface area contributed by atoms with Crippen molar-refractivity contribution in [2.45, 2.75) is 13.8 Å². The zero-order valence-electron chi connectivity index (χ0n) is 12.4. The lowest BCUT2D eigenvalue weighted by molar-refractivity contribution is 0.0948. The van der Waals surface area contributed by atoms with Gasteiger partial charge in [-0.1, -0.05) is 35.9 Å². The summed E-state index contributed by atoms with van der Waals surface area (Å²) in [6, 6.07) is 13.5. The van der Waals surface area contributed by atoms with Crippen LogP contribution in [-0.2, 0) is 0 Å². The molecular weight excluding hydrogens is 276 g/mol. The second kappa shape index (κ2) is 5.81. The summed E-state index contributed by atoms with van der Waals surface area (Å²) >= 11 is 0. The molecule has 1 N–H and O–H groups in total. The van der Waals surface area contributed by atoms with Crippen LogP contribution < -0.4 is 5.43 Å². The van der Waals surface area contributed by atoms with Crippen molar-refractivity contribution in [3.05, 3.63) is 71.2 Å². The zero-order chi connectivity index (χ0) is 15.5. The van der Waals surface area contributed by atoms with E-state index in [1.54, 1.807) is 10.6 Å². The van der Waals surface area contributed by atoms with Crippen LogP contribution in [0.3, 0.4) is 0 Å². The summed E-state index contributed by atoms with van der Waals surface area (Å²) in [6.45, 7) is 3.84. The van der Waals surface area contributed by atoms with E-state index in [9.17, 15) is 4.79 Å². The van der Waals surface area contributed by atoms with Crippen molar-refractivity contribution in [1.29, 1.82) is 0 Å². The Balaban J connectivity index is 1.79. The van der Waals surface area contributed by atoms with E-state index in [-0.39, 0.29) is 5.91 Å². The number of fused-ring (bicyclic) bond motifs is 1. The van der Waals surface area contributed by atoms with Gasteiger partial charge in [0, 0.05) is 6.20 Å². The van der Waals surface area contributed by atoms with E-state index in [1.807, 2.05) is 62.5 Å². The average molecular weight is 292 g/mol. The smallest absolute Gasteiger partial charge is 0.290 e. The first kappa shape index (κ1) is 14.0. The normalized spacial score (nSPS) is 11.2. The van der Waals surface area contributed by atoms with Crippen molar-refractivity contribution in [1.82, 2.24) is 14.8 Å². The van der Waals surface area contributed by atoms with Crippen LogP contribution in [0.2, 0.25) is 0 Å². The Morgan fingerprint density at radius 3 is 2.73 bits per heavy atom. The standard InChI is InChI=1S/C17H16N4O/c1-12-6-8-14(9-7-12)11-18-20-17(22)16-13(2)19-15-5-3-4-10-21(15)16/h3-11H,1-2H3,(H,20,22)/b18-11+. The lowest BCUT2D eigenvalue weighted by atomic mass is 10.2. The third kappa shape index (κ3) is 2.74. The molecule has 3 aromatic rings. The van der Waals surface area contributed by atoms with Crippen molar-refractivity contribution in [3.63, 3.8) is 0 Å². The highest BCUT2D eigenvalue weighted by molar-refractivity contribution is 5.95. The number of aryl methyl sites for hydroxylation is 2. The van der Waals surface area contributed by atoms with Gasteiger partial charge in [0.15, 0.2) is 0 Å². The SMILES string of the molecule is Cc1ccc(/C=N/NC(=O)c2c(C)nc3ccccn23)cc1. The van der Waals surface area contributed by atoms with E-state index in [2.05, 4.69) is 15.5 Å². The van der Waals surface area contributed by atoms with E-state index >= 15 is 0 Å². The molecule has 0 aliphatic heterocycles. The van der Waals surface area contributed by atoms with Crippen LogP contribution in [0, 0.1) is 13.8 Å². The van der Waals surface area contributed by atoms with Crippen molar-refractivity contribution in [3.8, 4) is 0 Å². The van der Waals surface area contributed by atoms with Crippen molar-refractivity contribution >= 4 is 17.8 Å². The van der Waals surface area contributed by atoms with Gasteiger partial charge in [-0.2, -0.15) is 5.10 Å². The Bertz CT molecular complexity index is 847. The fourth-order valence-corrected chi connectivity index (χ4v) is 2.26. The molecule has 0 aliphatic rings.